The number of Topliss-reactive ketones (excluding diaryl/α,β-unsaturated/α-hetero) is 1. The molecule has 5 rings (SSSR count). The molecule has 5 N–H and O–H groups in total. The molecule has 60 heavy (non-hydrogen) atoms. The molecular weight excluding hydrogens is 785 g/mol. The molecule has 9 atom stereocenters. The smallest absolute Gasteiger partial charge is 0.407 e. The lowest BCUT2D eigenvalue weighted by molar-refractivity contribution is -0.261. The molecule has 0 radical (unpaired) electrons. The van der Waals surface area contributed by atoms with Gasteiger partial charge in [-0.1, -0.05) is 39.8 Å². The molecule has 1 aromatic rings. The van der Waals surface area contributed by atoms with Crippen molar-refractivity contribution in [1.82, 2.24) is 21.3 Å². The van der Waals surface area contributed by atoms with Crippen LogP contribution in [0.25, 0.3) is 0 Å². The van der Waals surface area contributed by atoms with E-state index in [9.17, 15) is 29.1 Å². The molecule has 4 fully saturated rings. The molecule has 4 aliphatic rings. The minimum atomic E-state index is -0.686. The largest absolute Gasteiger partial charge is 0.461 e. The molecule has 0 heterocycles. The van der Waals surface area contributed by atoms with Crippen molar-refractivity contribution in [3.05, 3.63) is 29.8 Å². The second kappa shape index (κ2) is 18.5. The van der Waals surface area contributed by atoms with Crippen molar-refractivity contribution in [2.45, 2.75) is 149 Å². The number of hydrogen-bond acceptors (Lipinski definition) is 11. The molecule has 0 unspecified atom stereocenters. The van der Waals surface area contributed by atoms with E-state index >= 15 is 0 Å². The Morgan fingerprint density at radius 1 is 0.850 bits per heavy atom. The highest BCUT2D eigenvalue weighted by atomic mass is 32.2. The van der Waals surface area contributed by atoms with Gasteiger partial charge in [0.25, 0.3) is 0 Å². The van der Waals surface area contributed by atoms with Crippen LogP contribution in [0.3, 0.4) is 0 Å². The number of alkyl carbamates (subject to hydrolysis) is 2. The van der Waals surface area contributed by atoms with E-state index in [4.69, 9.17) is 14.2 Å². The number of ether oxygens (including phenoxy) is 3. The van der Waals surface area contributed by atoms with Gasteiger partial charge in [-0.25, -0.2) is 9.59 Å². The van der Waals surface area contributed by atoms with Crippen LogP contribution in [0.4, 0.5) is 9.59 Å². The average Bonchev–Trinajstić information content (AvgIpc) is 3.33. The van der Waals surface area contributed by atoms with Crippen LogP contribution >= 0.6 is 11.8 Å². The standard InChI is InChI=1S/C46H72N4O9S/c1-29-24-46-27-45(18-17-33(46)51)30(2)37(54)43(9,28-47-19-11-21-49-39(55)58-41(3,4)5)25-34(44(29,10)38(45)46)57-36(53)26-60-32-15-13-31(14-16-32)23-35(52)48-20-12-22-50-40(56)59-42(6,7)8/h13-16,29-30,34,37-38,47,54H,11-12,17-28H2,1-10H3,(H,48,52)(H,49,55)(H,50,56)/t29-,30+,34-,37+,38+,43-,44+,45-,46-/m1/s1. The molecule has 14 heteroatoms. The van der Waals surface area contributed by atoms with Gasteiger partial charge in [0, 0.05) is 53.7 Å². The van der Waals surface area contributed by atoms with Gasteiger partial charge >= 0.3 is 18.2 Å². The van der Waals surface area contributed by atoms with Crippen LogP contribution < -0.4 is 21.3 Å². The molecule has 2 spiro atoms. The summed E-state index contributed by atoms with van der Waals surface area (Å²) in [5.41, 5.74) is -2.00. The van der Waals surface area contributed by atoms with Crippen LogP contribution in [-0.2, 0) is 35.0 Å². The van der Waals surface area contributed by atoms with Crippen molar-refractivity contribution in [3.8, 4) is 0 Å². The predicted molar refractivity (Wildman–Crippen MR) is 231 cm³/mol. The fourth-order valence-corrected chi connectivity index (χ4v) is 11.9. The number of aliphatic hydroxyl groups excluding tert-OH is 1. The average molecular weight is 857 g/mol. The Bertz CT molecular complexity index is 1730. The highest BCUT2D eigenvalue weighted by Crippen LogP contribution is 2.82. The van der Waals surface area contributed by atoms with Crippen LogP contribution in [0.2, 0.25) is 0 Å². The maximum Gasteiger partial charge on any atom is 0.407 e. The molecule has 0 aliphatic heterocycles. The number of amides is 3. The predicted octanol–water partition coefficient (Wildman–Crippen LogP) is 6.58. The number of esters is 1. The van der Waals surface area contributed by atoms with Crippen molar-refractivity contribution >= 4 is 41.6 Å². The lowest BCUT2D eigenvalue weighted by Gasteiger charge is -2.72. The zero-order valence-electron chi connectivity index (χ0n) is 37.7. The molecule has 2 bridgehead atoms. The Morgan fingerprint density at radius 3 is 2.03 bits per heavy atom. The number of benzene rings is 1. The summed E-state index contributed by atoms with van der Waals surface area (Å²) < 4.78 is 17.2. The monoisotopic (exact) mass is 857 g/mol. The Morgan fingerprint density at radius 2 is 1.43 bits per heavy atom. The maximum atomic E-state index is 13.9. The minimum Gasteiger partial charge on any atom is -0.461 e. The number of ketones is 1. The van der Waals surface area contributed by atoms with Gasteiger partial charge in [-0.3, -0.25) is 14.4 Å². The van der Waals surface area contributed by atoms with Gasteiger partial charge in [0.05, 0.1) is 18.3 Å². The highest BCUT2D eigenvalue weighted by molar-refractivity contribution is 8.00. The quantitative estimate of drug-likeness (QED) is 0.0525. The van der Waals surface area contributed by atoms with E-state index in [1.165, 1.54) is 11.8 Å². The number of aliphatic hydroxyl groups is 1. The van der Waals surface area contributed by atoms with Crippen molar-refractivity contribution in [2.24, 2.45) is 39.4 Å². The second-order valence-electron chi connectivity index (χ2n) is 20.7. The van der Waals surface area contributed by atoms with Gasteiger partial charge < -0.3 is 40.6 Å². The summed E-state index contributed by atoms with van der Waals surface area (Å²) >= 11 is 1.38. The van der Waals surface area contributed by atoms with Gasteiger partial charge in [0.2, 0.25) is 5.91 Å². The van der Waals surface area contributed by atoms with Crippen LogP contribution in [-0.4, -0.2) is 96.8 Å². The molecule has 1 aromatic carbocycles. The summed E-state index contributed by atoms with van der Waals surface area (Å²) in [6.07, 6.45) is 2.65. The van der Waals surface area contributed by atoms with E-state index in [0.29, 0.717) is 64.2 Å². The van der Waals surface area contributed by atoms with Gasteiger partial charge in [0.15, 0.2) is 0 Å². The molecule has 3 amide bonds. The Labute approximate surface area is 361 Å². The van der Waals surface area contributed by atoms with E-state index in [0.717, 1.165) is 29.7 Å². The van der Waals surface area contributed by atoms with Crippen LogP contribution in [0.15, 0.2) is 29.2 Å². The summed E-state index contributed by atoms with van der Waals surface area (Å²) in [5, 5.41) is 24.3. The van der Waals surface area contributed by atoms with E-state index in [2.05, 4.69) is 49.0 Å². The molecule has 336 valence electrons. The number of carbonyl (C=O) groups is 5. The lowest BCUT2D eigenvalue weighted by Crippen LogP contribution is -2.72. The van der Waals surface area contributed by atoms with E-state index in [1.807, 2.05) is 45.0 Å². The van der Waals surface area contributed by atoms with E-state index < -0.39 is 51.8 Å². The first kappa shape index (κ1) is 47.7. The second-order valence-corrected chi connectivity index (χ2v) is 21.7. The minimum absolute atomic E-state index is 0.0386. The molecular formula is C46H72N4O9S. The topological polar surface area (TPSA) is 181 Å². The van der Waals surface area contributed by atoms with Gasteiger partial charge in [-0.2, -0.15) is 0 Å². The lowest BCUT2D eigenvalue weighted by atomic mass is 9.32. The molecule has 0 aromatic heterocycles. The fourth-order valence-electron chi connectivity index (χ4n) is 11.2. The number of hydrogen-bond donors (Lipinski definition) is 5. The summed E-state index contributed by atoms with van der Waals surface area (Å²) in [7, 11) is 0. The number of carbonyl (C=O) groups excluding carboxylic acids is 5. The fraction of sp³-hybridized carbons (Fsp3) is 0.761. The molecule has 13 nitrogen and oxygen atoms in total. The highest BCUT2D eigenvalue weighted by Gasteiger charge is 2.81. The van der Waals surface area contributed by atoms with Crippen molar-refractivity contribution < 1.29 is 43.3 Å². The first-order valence-corrected chi connectivity index (χ1v) is 23.0. The molecule has 4 saturated carbocycles. The third-order valence-corrected chi connectivity index (χ3v) is 14.9. The normalized spacial score (nSPS) is 32.0. The molecule has 0 saturated heterocycles. The van der Waals surface area contributed by atoms with Gasteiger partial charge in [-0.05, 0) is 127 Å². The number of thioether (sulfide) groups is 1. The molecule has 4 aliphatic carbocycles. The van der Waals surface area contributed by atoms with Crippen LogP contribution in [0.5, 0.6) is 0 Å². The van der Waals surface area contributed by atoms with Crippen molar-refractivity contribution in [1.29, 1.82) is 0 Å². The van der Waals surface area contributed by atoms with Crippen LogP contribution in [0, 0.1) is 39.4 Å². The SMILES string of the molecule is C[C@@H]1C[C@@]23C[C@@]4(CCC2=O)[C@@H]3[C@]1(C)[C@H](OC(=O)CSc1ccc(CC(=O)NCCCNC(=O)OC(C)(C)C)cc1)C[C@](C)(CNCCCNC(=O)OC(C)(C)C)[C@@H](O)[C@@H]4C. The summed E-state index contributed by atoms with van der Waals surface area (Å²) in [4.78, 5) is 65.0. The van der Waals surface area contributed by atoms with Crippen molar-refractivity contribution in [2.75, 3.05) is 38.5 Å². The first-order chi connectivity index (χ1) is 27.9. The Hall–Kier alpha value is -3.36. The van der Waals surface area contributed by atoms with E-state index in [1.54, 1.807) is 20.8 Å². The zero-order valence-corrected chi connectivity index (χ0v) is 38.5. The Kier molecular flexibility index (Phi) is 14.7. The van der Waals surface area contributed by atoms with E-state index in [-0.39, 0.29) is 47.2 Å². The third-order valence-electron chi connectivity index (χ3n) is 13.9. The summed E-state index contributed by atoms with van der Waals surface area (Å²) in [6, 6.07) is 7.57. The summed E-state index contributed by atoms with van der Waals surface area (Å²) in [6.45, 7) is 22.0. The van der Waals surface area contributed by atoms with Crippen LogP contribution in [0.1, 0.15) is 120 Å². The Balaban J connectivity index is 1.19. The number of nitrogens with one attached hydrogen (secondary N) is 4. The van der Waals surface area contributed by atoms with Gasteiger partial charge in [0.1, 0.15) is 23.1 Å². The zero-order chi connectivity index (χ0) is 44.3. The third kappa shape index (κ3) is 10.6. The first-order valence-electron chi connectivity index (χ1n) is 22.0. The van der Waals surface area contributed by atoms with Gasteiger partial charge in [-0.15, -0.1) is 11.8 Å². The number of rotatable bonds is 16. The van der Waals surface area contributed by atoms with Crippen molar-refractivity contribution in [3.63, 3.8) is 0 Å². The summed E-state index contributed by atoms with van der Waals surface area (Å²) in [5.74, 6) is 0.127. The maximum absolute atomic E-state index is 13.9.